The fourth-order valence-electron chi connectivity index (χ4n) is 6.24. The largest absolute Gasteiger partial charge is 0.367 e. The second-order valence-electron chi connectivity index (χ2n) is 12.8. The number of halogens is 4. The molecule has 2 atom stereocenters. The third-order valence-corrected chi connectivity index (χ3v) is 10.8. The predicted molar refractivity (Wildman–Crippen MR) is 187 cm³/mol. The number of alkyl halides is 4. The highest BCUT2D eigenvalue weighted by molar-refractivity contribution is 7.15. The Morgan fingerprint density at radius 3 is 1.84 bits per heavy atom. The monoisotopic (exact) mass is 746 g/mol. The van der Waals surface area contributed by atoms with Crippen molar-refractivity contribution in [1.29, 1.82) is 0 Å². The fourth-order valence-corrected chi connectivity index (χ4v) is 8.06. The molecule has 4 aromatic heterocycles. The maximum atomic E-state index is 13.2. The Hall–Kier alpha value is -4.32. The van der Waals surface area contributed by atoms with Gasteiger partial charge in [-0.15, -0.1) is 20.4 Å². The van der Waals surface area contributed by atoms with E-state index in [0.29, 0.717) is 33.3 Å². The molecule has 0 saturated heterocycles. The third-order valence-electron chi connectivity index (χ3n) is 8.75. The maximum absolute atomic E-state index is 13.2. The first kappa shape index (κ1) is 36.5. The normalized spacial score (nSPS) is 18.6. The number of anilines is 4. The van der Waals surface area contributed by atoms with E-state index in [1.54, 1.807) is 36.4 Å². The molecule has 2 amide bonds. The SMILES string of the molecule is O=C(Cc1cccc(NC(CCF)CCF)n1)Nc1nnc([C@H]2CCC[C@H](c3nnc(NC(=O)Cc4cccc(NC5CC(F)(F)C5)n4)s3)C2)s1. The first-order valence-corrected chi connectivity index (χ1v) is 18.5. The van der Waals surface area contributed by atoms with E-state index in [4.69, 9.17) is 0 Å². The number of rotatable bonds is 16. The molecule has 2 fully saturated rings. The highest BCUT2D eigenvalue weighted by atomic mass is 32.1. The zero-order valence-electron chi connectivity index (χ0n) is 27.6. The van der Waals surface area contributed by atoms with Crippen LogP contribution in [0.15, 0.2) is 36.4 Å². The molecule has 2 aliphatic carbocycles. The Morgan fingerprint density at radius 2 is 1.31 bits per heavy atom. The summed E-state index contributed by atoms with van der Waals surface area (Å²) in [6, 6.07) is 9.55. The minimum Gasteiger partial charge on any atom is -0.367 e. The molecule has 4 heterocycles. The summed E-state index contributed by atoms with van der Waals surface area (Å²) >= 11 is 2.66. The number of aromatic nitrogens is 6. The minimum absolute atomic E-state index is 0.00354. The van der Waals surface area contributed by atoms with Crippen molar-refractivity contribution in [3.63, 3.8) is 0 Å². The average Bonchev–Trinajstić information content (AvgIpc) is 3.74. The van der Waals surface area contributed by atoms with Gasteiger partial charge in [0.15, 0.2) is 0 Å². The molecule has 12 nitrogen and oxygen atoms in total. The van der Waals surface area contributed by atoms with Crippen molar-refractivity contribution < 1.29 is 27.2 Å². The summed E-state index contributed by atoms with van der Waals surface area (Å²) in [5, 5.41) is 31.2. The topological polar surface area (TPSA) is 160 Å². The van der Waals surface area contributed by atoms with Crippen LogP contribution in [0.1, 0.15) is 84.6 Å². The summed E-state index contributed by atoms with van der Waals surface area (Å²) in [7, 11) is 0. The molecule has 51 heavy (non-hydrogen) atoms. The van der Waals surface area contributed by atoms with Crippen LogP contribution in [0.2, 0.25) is 0 Å². The number of pyridine rings is 2. The lowest BCUT2D eigenvalue weighted by molar-refractivity contribution is -0.116. The van der Waals surface area contributed by atoms with E-state index in [-0.39, 0.29) is 74.3 Å². The van der Waals surface area contributed by atoms with Crippen LogP contribution in [-0.4, -0.2) is 73.5 Å². The summed E-state index contributed by atoms with van der Waals surface area (Å²) in [6.07, 6.45) is 3.42. The van der Waals surface area contributed by atoms with Gasteiger partial charge in [-0.1, -0.05) is 41.2 Å². The number of hydrogen-bond donors (Lipinski definition) is 4. The summed E-state index contributed by atoms with van der Waals surface area (Å²) in [6.45, 7) is -1.14. The highest BCUT2D eigenvalue weighted by Gasteiger charge is 2.45. The van der Waals surface area contributed by atoms with E-state index in [1.807, 2.05) is 0 Å². The van der Waals surface area contributed by atoms with Gasteiger partial charge in [-0.25, -0.2) is 18.7 Å². The summed E-state index contributed by atoms with van der Waals surface area (Å²) in [4.78, 5) is 34.4. The summed E-state index contributed by atoms with van der Waals surface area (Å²) in [5.74, 6) is -2.09. The molecule has 0 unspecified atom stereocenters. The molecule has 0 spiro atoms. The lowest BCUT2D eigenvalue weighted by atomic mass is 9.82. The van der Waals surface area contributed by atoms with Gasteiger partial charge in [-0.3, -0.25) is 18.4 Å². The van der Waals surface area contributed by atoms with Gasteiger partial charge in [0.2, 0.25) is 22.1 Å². The Bertz CT molecular complexity index is 1780. The molecule has 2 saturated carbocycles. The van der Waals surface area contributed by atoms with Crippen molar-refractivity contribution in [2.45, 2.75) is 94.1 Å². The van der Waals surface area contributed by atoms with Gasteiger partial charge >= 0.3 is 0 Å². The molecular weight excluding hydrogens is 709 g/mol. The van der Waals surface area contributed by atoms with Crippen LogP contribution in [0, 0.1) is 0 Å². The number of carbonyl (C=O) groups excluding carboxylic acids is 2. The predicted octanol–water partition coefficient (Wildman–Crippen LogP) is 6.69. The zero-order valence-corrected chi connectivity index (χ0v) is 29.2. The molecule has 0 aromatic carbocycles. The zero-order chi connectivity index (χ0) is 35.8. The molecule has 0 bridgehead atoms. The maximum Gasteiger partial charge on any atom is 0.252 e. The number of carbonyl (C=O) groups is 2. The van der Waals surface area contributed by atoms with Crippen molar-refractivity contribution in [2.75, 3.05) is 34.6 Å². The lowest BCUT2D eigenvalue weighted by Gasteiger charge is -2.35. The molecule has 2 aliphatic rings. The van der Waals surface area contributed by atoms with Gasteiger partial charge in [0.1, 0.15) is 21.7 Å². The average molecular weight is 747 g/mol. The lowest BCUT2D eigenvalue weighted by Crippen LogP contribution is -2.44. The van der Waals surface area contributed by atoms with E-state index < -0.39 is 19.3 Å². The van der Waals surface area contributed by atoms with Crippen LogP contribution in [0.5, 0.6) is 0 Å². The quantitative estimate of drug-likeness (QED) is 0.0910. The molecular formula is C33H38F4N10O2S2. The third kappa shape index (κ3) is 10.4. The van der Waals surface area contributed by atoms with E-state index in [0.717, 1.165) is 35.7 Å². The molecule has 18 heteroatoms. The number of nitrogens with zero attached hydrogens (tertiary/aromatic N) is 6. The second-order valence-corrected chi connectivity index (χ2v) is 14.8. The molecule has 6 rings (SSSR count). The Labute approximate surface area is 299 Å². The van der Waals surface area contributed by atoms with Gasteiger partial charge in [-0.2, -0.15) is 0 Å². The first-order valence-electron chi connectivity index (χ1n) is 16.9. The van der Waals surface area contributed by atoms with Crippen LogP contribution < -0.4 is 21.3 Å². The molecule has 0 radical (unpaired) electrons. The number of amides is 2. The highest BCUT2D eigenvalue weighted by Crippen LogP contribution is 2.43. The van der Waals surface area contributed by atoms with Crippen LogP contribution in [-0.2, 0) is 22.4 Å². The van der Waals surface area contributed by atoms with Crippen molar-refractivity contribution in [1.82, 2.24) is 30.4 Å². The number of hydrogen-bond acceptors (Lipinski definition) is 12. The fraction of sp³-hybridized carbons (Fsp3) is 0.515. The van der Waals surface area contributed by atoms with E-state index in [9.17, 15) is 27.2 Å². The Morgan fingerprint density at radius 1 is 0.784 bits per heavy atom. The van der Waals surface area contributed by atoms with Crippen molar-refractivity contribution in [3.8, 4) is 0 Å². The van der Waals surface area contributed by atoms with Crippen LogP contribution in [0.25, 0.3) is 0 Å². The van der Waals surface area contributed by atoms with Gasteiger partial charge in [0.25, 0.3) is 5.92 Å². The van der Waals surface area contributed by atoms with Crippen molar-refractivity contribution >= 4 is 56.4 Å². The van der Waals surface area contributed by atoms with E-state index in [1.165, 1.54) is 22.7 Å². The molecule has 4 aromatic rings. The first-order chi connectivity index (χ1) is 24.6. The van der Waals surface area contributed by atoms with E-state index in [2.05, 4.69) is 51.6 Å². The van der Waals surface area contributed by atoms with Gasteiger partial charge in [-0.05, 0) is 56.4 Å². The summed E-state index contributed by atoms with van der Waals surface area (Å²) < 4.78 is 52.0. The number of nitrogens with one attached hydrogen (secondary N) is 4. The molecule has 0 aliphatic heterocycles. The van der Waals surface area contributed by atoms with E-state index >= 15 is 0 Å². The summed E-state index contributed by atoms with van der Waals surface area (Å²) in [5.41, 5.74) is 1.01. The van der Waals surface area contributed by atoms with Crippen LogP contribution in [0.3, 0.4) is 0 Å². The van der Waals surface area contributed by atoms with Crippen LogP contribution in [0.4, 0.5) is 39.5 Å². The molecule has 4 N–H and O–H groups in total. The molecule has 272 valence electrons. The van der Waals surface area contributed by atoms with Crippen LogP contribution >= 0.6 is 22.7 Å². The smallest absolute Gasteiger partial charge is 0.252 e. The van der Waals surface area contributed by atoms with Crippen molar-refractivity contribution in [2.24, 2.45) is 0 Å². The minimum atomic E-state index is -2.63. The Balaban J connectivity index is 0.975. The standard InChI is InChI=1S/C33H38F4N10O2S2/c34-12-10-21(11-13-35)38-25-8-2-6-22(39-25)15-27(48)42-31-46-44-29(50-31)19-4-1-5-20(14-19)30-45-47-32(51-30)43-28(49)16-23-7-3-9-26(40-23)41-24-17-33(36,37)18-24/h2-3,6-9,19-21,24H,1,4-5,10-18H2,(H,38,39)(H,40,41)(H,42,46,48)(H,43,47,49)/t19-,20-/m0/s1. The van der Waals surface area contributed by atoms with Gasteiger partial charge < -0.3 is 21.3 Å². The van der Waals surface area contributed by atoms with Crippen molar-refractivity contribution in [3.05, 3.63) is 57.8 Å². The van der Waals surface area contributed by atoms with Gasteiger partial charge in [0.05, 0.1) is 37.6 Å². The van der Waals surface area contributed by atoms with Gasteiger partial charge in [0, 0.05) is 36.8 Å². The second kappa shape index (κ2) is 16.8. The Kier molecular flexibility index (Phi) is 12.0.